The van der Waals surface area contributed by atoms with Crippen LogP contribution in [0.5, 0.6) is 0 Å². The van der Waals surface area contributed by atoms with E-state index in [1.807, 2.05) is 4.90 Å². The molecule has 2 atom stereocenters. The maximum atomic E-state index is 11.9. The Kier molecular flexibility index (Phi) is 4.52. The van der Waals surface area contributed by atoms with Crippen LogP contribution in [0.2, 0.25) is 0 Å². The molecule has 132 valence electrons. The zero-order valence-corrected chi connectivity index (χ0v) is 14.8. The first kappa shape index (κ1) is 17.2. The van der Waals surface area contributed by atoms with E-state index in [9.17, 15) is 18.5 Å². The summed E-state index contributed by atoms with van der Waals surface area (Å²) in [5.41, 5.74) is 0.136. The standard InChI is InChI=1S/C16H23N3O4S/c1-17-9-4-5-12-11-18(10-8-13(12)17)14-6-3-7-15(24(2,22)23)16(14)19(20)21/h3,6-7,12-13H,4-5,8-11H2,1-2H3. The van der Waals surface area contributed by atoms with Crippen molar-refractivity contribution < 1.29 is 13.3 Å². The molecule has 0 spiro atoms. The van der Waals surface area contributed by atoms with Crippen molar-refractivity contribution in [3.05, 3.63) is 28.3 Å². The van der Waals surface area contributed by atoms with E-state index in [1.165, 1.54) is 6.07 Å². The lowest BCUT2D eigenvalue weighted by atomic mass is 9.84. The van der Waals surface area contributed by atoms with Crippen molar-refractivity contribution >= 4 is 21.2 Å². The number of likely N-dealkylation sites (tertiary alicyclic amines) is 1. The summed E-state index contributed by atoms with van der Waals surface area (Å²) in [4.78, 5) is 15.2. The smallest absolute Gasteiger partial charge is 0.311 e. The Labute approximate surface area is 142 Å². The molecule has 1 aromatic carbocycles. The van der Waals surface area contributed by atoms with Crippen LogP contribution in [0.4, 0.5) is 11.4 Å². The fourth-order valence-electron chi connectivity index (χ4n) is 4.12. The van der Waals surface area contributed by atoms with E-state index >= 15 is 0 Å². The molecule has 0 saturated carbocycles. The minimum Gasteiger partial charge on any atom is -0.366 e. The second-order valence-electron chi connectivity index (χ2n) is 6.84. The number of rotatable bonds is 3. The molecule has 7 nitrogen and oxygen atoms in total. The van der Waals surface area contributed by atoms with Crippen molar-refractivity contribution in [2.45, 2.75) is 30.2 Å². The number of fused-ring (bicyclic) bond motifs is 1. The molecule has 1 aromatic rings. The molecular formula is C16H23N3O4S. The predicted molar refractivity (Wildman–Crippen MR) is 92.2 cm³/mol. The molecule has 2 aliphatic heterocycles. The van der Waals surface area contributed by atoms with Crippen LogP contribution < -0.4 is 4.90 Å². The first-order valence-corrected chi connectivity index (χ1v) is 10.1. The SMILES string of the molecule is CN1CCCC2CN(c3cccc(S(C)(=O)=O)c3[N+](=O)[O-])CCC21. The minimum absolute atomic E-state index is 0.201. The third-order valence-corrected chi connectivity index (χ3v) is 6.37. The summed E-state index contributed by atoms with van der Waals surface area (Å²) in [7, 11) is -1.51. The van der Waals surface area contributed by atoms with Crippen molar-refractivity contribution in [2.75, 3.05) is 37.8 Å². The third-order valence-electron chi connectivity index (χ3n) is 5.25. The number of benzene rings is 1. The second-order valence-corrected chi connectivity index (χ2v) is 8.82. The zero-order chi connectivity index (χ0) is 17.5. The number of hydrogen-bond acceptors (Lipinski definition) is 6. The van der Waals surface area contributed by atoms with E-state index in [4.69, 9.17) is 0 Å². The van der Waals surface area contributed by atoms with Gasteiger partial charge in [0.25, 0.3) is 0 Å². The molecule has 2 saturated heterocycles. The second kappa shape index (κ2) is 6.33. The Hall–Kier alpha value is -1.67. The number of anilines is 1. The summed E-state index contributed by atoms with van der Waals surface area (Å²) in [5, 5.41) is 11.6. The van der Waals surface area contributed by atoms with Gasteiger partial charge in [-0.05, 0) is 50.9 Å². The Morgan fingerprint density at radius 1 is 1.25 bits per heavy atom. The molecule has 2 fully saturated rings. The number of para-hydroxylation sites is 1. The lowest BCUT2D eigenvalue weighted by Crippen LogP contribution is -2.52. The summed E-state index contributed by atoms with van der Waals surface area (Å²) in [6, 6.07) is 5.10. The number of sulfone groups is 1. The quantitative estimate of drug-likeness (QED) is 0.610. The Morgan fingerprint density at radius 3 is 2.67 bits per heavy atom. The van der Waals surface area contributed by atoms with Crippen LogP contribution in [0.3, 0.4) is 0 Å². The number of nitro benzene ring substituents is 1. The Balaban J connectivity index is 1.97. The van der Waals surface area contributed by atoms with E-state index in [1.54, 1.807) is 12.1 Å². The minimum atomic E-state index is -3.65. The van der Waals surface area contributed by atoms with Gasteiger partial charge in [0.05, 0.1) is 4.92 Å². The monoisotopic (exact) mass is 353 g/mol. The molecule has 2 heterocycles. The maximum Gasteiger partial charge on any atom is 0.311 e. The molecule has 0 aliphatic carbocycles. The number of nitro groups is 1. The van der Waals surface area contributed by atoms with Crippen LogP contribution in [0.15, 0.2) is 23.1 Å². The summed E-state index contributed by atoms with van der Waals surface area (Å²) in [5.74, 6) is 0.471. The van der Waals surface area contributed by atoms with Crippen LogP contribution in [0.1, 0.15) is 19.3 Å². The third kappa shape index (κ3) is 3.12. The summed E-state index contributed by atoms with van der Waals surface area (Å²) in [6.45, 7) is 2.55. The largest absolute Gasteiger partial charge is 0.366 e. The predicted octanol–water partition coefficient (Wildman–Crippen LogP) is 1.92. The van der Waals surface area contributed by atoms with E-state index in [2.05, 4.69) is 11.9 Å². The summed E-state index contributed by atoms with van der Waals surface area (Å²) in [6.07, 6.45) is 4.21. The molecule has 0 amide bonds. The molecule has 2 aliphatic rings. The highest BCUT2D eigenvalue weighted by Crippen LogP contribution is 2.38. The van der Waals surface area contributed by atoms with Gasteiger partial charge in [-0.1, -0.05) is 6.07 Å². The highest BCUT2D eigenvalue weighted by molar-refractivity contribution is 7.90. The Morgan fingerprint density at radius 2 is 2.00 bits per heavy atom. The molecule has 2 unspecified atom stereocenters. The highest BCUT2D eigenvalue weighted by atomic mass is 32.2. The van der Waals surface area contributed by atoms with Gasteiger partial charge in [0.1, 0.15) is 10.6 Å². The van der Waals surface area contributed by atoms with Crippen LogP contribution in [0, 0.1) is 16.0 Å². The molecule has 0 bridgehead atoms. The van der Waals surface area contributed by atoms with Crippen molar-refractivity contribution in [1.29, 1.82) is 0 Å². The zero-order valence-electron chi connectivity index (χ0n) is 14.0. The first-order valence-electron chi connectivity index (χ1n) is 8.21. The molecule has 0 N–H and O–H groups in total. The van der Waals surface area contributed by atoms with E-state index in [-0.39, 0.29) is 10.6 Å². The normalized spacial score (nSPS) is 25.3. The fraction of sp³-hybridized carbons (Fsp3) is 0.625. The van der Waals surface area contributed by atoms with Gasteiger partial charge in [0.15, 0.2) is 9.84 Å². The molecule has 0 aromatic heterocycles. The maximum absolute atomic E-state index is 11.9. The van der Waals surface area contributed by atoms with Crippen molar-refractivity contribution in [3.8, 4) is 0 Å². The molecule has 24 heavy (non-hydrogen) atoms. The van der Waals surface area contributed by atoms with Gasteiger partial charge in [-0.25, -0.2) is 8.42 Å². The first-order chi connectivity index (χ1) is 11.3. The number of hydrogen-bond donors (Lipinski definition) is 0. The Bertz CT molecular complexity index is 750. The number of nitrogens with zero attached hydrogens (tertiary/aromatic N) is 3. The summed E-state index contributed by atoms with van der Waals surface area (Å²) < 4.78 is 23.9. The average molecular weight is 353 g/mol. The van der Waals surface area contributed by atoms with E-state index < -0.39 is 14.8 Å². The fourth-order valence-corrected chi connectivity index (χ4v) is 4.98. The molecule has 3 rings (SSSR count). The molecular weight excluding hydrogens is 330 g/mol. The van der Waals surface area contributed by atoms with Gasteiger partial charge in [0.2, 0.25) is 0 Å². The number of piperidine rings is 2. The van der Waals surface area contributed by atoms with Crippen LogP contribution in [0.25, 0.3) is 0 Å². The molecule has 0 radical (unpaired) electrons. The highest BCUT2D eigenvalue weighted by Gasteiger charge is 2.37. The van der Waals surface area contributed by atoms with E-state index in [0.717, 1.165) is 38.6 Å². The van der Waals surface area contributed by atoms with Gasteiger partial charge in [-0.2, -0.15) is 0 Å². The lowest BCUT2D eigenvalue weighted by Gasteiger charge is -2.46. The van der Waals surface area contributed by atoms with Crippen molar-refractivity contribution in [2.24, 2.45) is 5.92 Å². The summed E-state index contributed by atoms with van der Waals surface area (Å²) >= 11 is 0. The van der Waals surface area contributed by atoms with Crippen molar-refractivity contribution in [1.82, 2.24) is 4.90 Å². The molecule has 8 heteroatoms. The van der Waals surface area contributed by atoms with Gasteiger partial charge >= 0.3 is 5.69 Å². The average Bonchev–Trinajstić information content (AvgIpc) is 2.53. The van der Waals surface area contributed by atoms with Gasteiger partial charge in [-0.3, -0.25) is 10.1 Å². The van der Waals surface area contributed by atoms with Crippen LogP contribution in [-0.2, 0) is 9.84 Å². The van der Waals surface area contributed by atoms with Crippen LogP contribution in [-0.4, -0.2) is 57.2 Å². The lowest BCUT2D eigenvalue weighted by molar-refractivity contribution is -0.387. The van der Waals surface area contributed by atoms with Gasteiger partial charge < -0.3 is 9.80 Å². The topological polar surface area (TPSA) is 83.8 Å². The van der Waals surface area contributed by atoms with Crippen molar-refractivity contribution in [3.63, 3.8) is 0 Å². The van der Waals surface area contributed by atoms with E-state index in [0.29, 0.717) is 24.2 Å². The van der Waals surface area contributed by atoms with Gasteiger partial charge in [-0.15, -0.1) is 0 Å². The van der Waals surface area contributed by atoms with Crippen LogP contribution >= 0.6 is 0 Å². The van der Waals surface area contributed by atoms with Gasteiger partial charge in [0, 0.05) is 25.4 Å².